The van der Waals surface area contributed by atoms with E-state index >= 15 is 0 Å². The van der Waals surface area contributed by atoms with Gasteiger partial charge in [-0.2, -0.15) is 0 Å². The van der Waals surface area contributed by atoms with Crippen molar-refractivity contribution in [3.05, 3.63) is 66.1 Å². The molecule has 112 valence electrons. The average molecular weight is 301 g/mol. The Bertz CT molecular complexity index is 754. The fourth-order valence-corrected chi connectivity index (χ4v) is 2.06. The molecule has 0 aliphatic carbocycles. The van der Waals surface area contributed by atoms with Gasteiger partial charge in [0.15, 0.2) is 0 Å². The summed E-state index contributed by atoms with van der Waals surface area (Å²) >= 11 is 0. The van der Waals surface area contributed by atoms with Crippen LogP contribution in [0.1, 0.15) is 18.9 Å². The van der Waals surface area contributed by atoms with E-state index in [1.165, 1.54) is 12.1 Å². The van der Waals surface area contributed by atoms with Crippen LogP contribution in [-0.4, -0.2) is 10.2 Å². The van der Waals surface area contributed by atoms with Gasteiger partial charge in [0.25, 0.3) is 0 Å². The van der Waals surface area contributed by atoms with Gasteiger partial charge in [0, 0.05) is 17.3 Å². The molecule has 0 saturated carbocycles. The molecule has 0 spiro atoms. The van der Waals surface area contributed by atoms with Gasteiger partial charge in [-0.15, -0.1) is 10.2 Å². The molecule has 1 aromatic heterocycles. The third kappa shape index (κ3) is 3.11. The Morgan fingerprint density at radius 3 is 2.36 bits per heavy atom. The van der Waals surface area contributed by atoms with Crippen LogP contribution in [0.15, 0.2) is 52.9 Å². The highest BCUT2D eigenvalue weighted by Gasteiger charge is 2.15. The van der Waals surface area contributed by atoms with Crippen LogP contribution in [0.5, 0.6) is 0 Å². The average Bonchev–Trinajstić information content (AvgIpc) is 2.97. The lowest BCUT2D eigenvalue weighted by molar-refractivity contribution is 0.484. The molecule has 22 heavy (non-hydrogen) atoms. The van der Waals surface area contributed by atoms with Gasteiger partial charge >= 0.3 is 0 Å². The van der Waals surface area contributed by atoms with Gasteiger partial charge in [-0.3, -0.25) is 0 Å². The second-order valence-corrected chi connectivity index (χ2v) is 4.84. The molecule has 0 fully saturated rings. The molecule has 1 heterocycles. The minimum absolute atomic E-state index is 0.310. The molecule has 1 atom stereocenters. The summed E-state index contributed by atoms with van der Waals surface area (Å²) in [6.45, 7) is 1.77. The molecule has 0 amide bonds. The van der Waals surface area contributed by atoms with Crippen molar-refractivity contribution in [3.63, 3.8) is 0 Å². The van der Waals surface area contributed by atoms with E-state index < -0.39 is 11.6 Å². The lowest BCUT2D eigenvalue weighted by atomic mass is 10.2. The molecule has 0 aliphatic rings. The minimum Gasteiger partial charge on any atom is -0.418 e. The van der Waals surface area contributed by atoms with Crippen molar-refractivity contribution in [1.29, 1.82) is 0 Å². The Hall–Kier alpha value is -2.76. The number of hydrogen-bond donors (Lipinski definition) is 1. The van der Waals surface area contributed by atoms with Crippen molar-refractivity contribution in [2.75, 3.05) is 5.32 Å². The number of nitrogens with one attached hydrogen (secondary N) is 1. The molecule has 1 N–H and O–H groups in total. The number of nitrogens with zero attached hydrogens (tertiary/aromatic N) is 2. The number of rotatable bonds is 4. The van der Waals surface area contributed by atoms with Crippen molar-refractivity contribution >= 4 is 5.69 Å². The molecule has 0 radical (unpaired) electrons. The van der Waals surface area contributed by atoms with E-state index in [4.69, 9.17) is 4.42 Å². The molecule has 3 rings (SSSR count). The van der Waals surface area contributed by atoms with Gasteiger partial charge in [0.1, 0.15) is 17.7 Å². The predicted molar refractivity (Wildman–Crippen MR) is 78.1 cm³/mol. The molecule has 6 heteroatoms. The third-order valence-corrected chi connectivity index (χ3v) is 3.08. The second kappa shape index (κ2) is 5.93. The van der Waals surface area contributed by atoms with Crippen LogP contribution >= 0.6 is 0 Å². The first-order valence-corrected chi connectivity index (χ1v) is 6.73. The lowest BCUT2D eigenvalue weighted by Gasteiger charge is -2.11. The molecule has 1 unspecified atom stereocenters. The molecule has 4 nitrogen and oxygen atoms in total. The molecule has 0 bridgehead atoms. The molecule has 0 aliphatic heterocycles. The number of halogens is 2. The van der Waals surface area contributed by atoms with E-state index in [9.17, 15) is 8.78 Å². The van der Waals surface area contributed by atoms with Gasteiger partial charge in [0.2, 0.25) is 11.8 Å². The summed E-state index contributed by atoms with van der Waals surface area (Å²) in [6, 6.07) is 12.2. The Balaban J connectivity index is 1.78. The maximum Gasteiger partial charge on any atom is 0.247 e. The zero-order valence-corrected chi connectivity index (χ0v) is 11.8. The number of hydrogen-bond acceptors (Lipinski definition) is 4. The van der Waals surface area contributed by atoms with Crippen LogP contribution in [0.4, 0.5) is 14.5 Å². The van der Waals surface area contributed by atoms with E-state index in [0.717, 1.165) is 11.6 Å². The van der Waals surface area contributed by atoms with Gasteiger partial charge in [0.05, 0.1) is 0 Å². The quantitative estimate of drug-likeness (QED) is 0.785. The zero-order valence-electron chi connectivity index (χ0n) is 11.8. The summed E-state index contributed by atoms with van der Waals surface area (Å²) in [6.07, 6.45) is 0. The van der Waals surface area contributed by atoms with E-state index in [-0.39, 0.29) is 6.04 Å². The third-order valence-electron chi connectivity index (χ3n) is 3.08. The van der Waals surface area contributed by atoms with Gasteiger partial charge < -0.3 is 9.73 Å². The second-order valence-electron chi connectivity index (χ2n) is 4.84. The normalized spacial score (nSPS) is 12.1. The molecule has 0 saturated heterocycles. The summed E-state index contributed by atoms with van der Waals surface area (Å²) in [5.41, 5.74) is 1.12. The summed E-state index contributed by atoms with van der Waals surface area (Å²) in [5, 5.41) is 10.9. The Morgan fingerprint density at radius 2 is 1.68 bits per heavy atom. The van der Waals surface area contributed by atoms with Crippen molar-refractivity contribution in [1.82, 2.24) is 10.2 Å². The van der Waals surface area contributed by atoms with Gasteiger partial charge in [-0.25, -0.2) is 8.78 Å². The maximum absolute atomic E-state index is 13.2. The predicted octanol–water partition coefficient (Wildman–Crippen LogP) is 4.19. The largest absolute Gasteiger partial charge is 0.418 e. The fourth-order valence-electron chi connectivity index (χ4n) is 2.06. The van der Waals surface area contributed by atoms with Crippen LogP contribution in [0, 0.1) is 11.6 Å². The molecule has 3 aromatic rings. The van der Waals surface area contributed by atoms with Crippen molar-refractivity contribution in [2.24, 2.45) is 0 Å². The zero-order chi connectivity index (χ0) is 15.5. The highest BCUT2D eigenvalue weighted by molar-refractivity contribution is 5.52. The summed E-state index contributed by atoms with van der Waals surface area (Å²) in [7, 11) is 0. The van der Waals surface area contributed by atoms with Crippen LogP contribution in [-0.2, 0) is 0 Å². The van der Waals surface area contributed by atoms with Gasteiger partial charge in [-0.05, 0) is 31.2 Å². The molecular weight excluding hydrogens is 288 g/mol. The Labute approximate surface area is 125 Å². The number of benzene rings is 2. The van der Waals surface area contributed by atoms with E-state index in [0.29, 0.717) is 17.5 Å². The van der Waals surface area contributed by atoms with Gasteiger partial charge in [-0.1, -0.05) is 18.2 Å². The summed E-state index contributed by atoms with van der Waals surface area (Å²) in [5.74, 6) is -0.561. The highest BCUT2D eigenvalue weighted by atomic mass is 19.1. The first-order chi connectivity index (χ1) is 10.6. The smallest absolute Gasteiger partial charge is 0.247 e. The topological polar surface area (TPSA) is 51.0 Å². The standard InChI is InChI=1S/C16H13F2N3O/c1-10(19-14-8-12(17)7-13(18)9-14)15-20-21-16(22-15)11-5-3-2-4-6-11/h2-10,19H,1H3. The monoisotopic (exact) mass is 301 g/mol. The van der Waals surface area contributed by atoms with E-state index in [1.54, 1.807) is 6.92 Å². The van der Waals surface area contributed by atoms with Crippen molar-refractivity contribution in [2.45, 2.75) is 13.0 Å². The Kier molecular flexibility index (Phi) is 3.82. The summed E-state index contributed by atoms with van der Waals surface area (Å²) in [4.78, 5) is 0. The van der Waals surface area contributed by atoms with Crippen molar-refractivity contribution in [3.8, 4) is 11.5 Å². The van der Waals surface area contributed by atoms with E-state index in [1.807, 2.05) is 30.3 Å². The highest BCUT2D eigenvalue weighted by Crippen LogP contribution is 2.23. The molecule has 2 aromatic carbocycles. The molecular formula is C16H13F2N3O. The number of anilines is 1. The van der Waals surface area contributed by atoms with Crippen LogP contribution in [0.2, 0.25) is 0 Å². The van der Waals surface area contributed by atoms with Crippen LogP contribution in [0.3, 0.4) is 0 Å². The first kappa shape index (κ1) is 14.2. The van der Waals surface area contributed by atoms with E-state index in [2.05, 4.69) is 15.5 Å². The Morgan fingerprint density at radius 1 is 1.00 bits per heavy atom. The maximum atomic E-state index is 13.2. The van der Waals surface area contributed by atoms with Crippen LogP contribution < -0.4 is 5.32 Å². The first-order valence-electron chi connectivity index (χ1n) is 6.73. The van der Waals surface area contributed by atoms with Crippen molar-refractivity contribution < 1.29 is 13.2 Å². The minimum atomic E-state index is -0.648. The summed E-state index contributed by atoms with van der Waals surface area (Å²) < 4.78 is 31.9. The van der Waals surface area contributed by atoms with Crippen LogP contribution in [0.25, 0.3) is 11.5 Å². The lowest BCUT2D eigenvalue weighted by Crippen LogP contribution is -2.07. The fraction of sp³-hybridized carbons (Fsp3) is 0.125. The SMILES string of the molecule is CC(Nc1cc(F)cc(F)c1)c1nnc(-c2ccccc2)o1. The number of aromatic nitrogens is 2.